The molecule has 0 saturated carbocycles. The molecule has 2 aromatic carbocycles. The molecule has 6 nitrogen and oxygen atoms in total. The molecule has 0 aliphatic rings. The Morgan fingerprint density at radius 1 is 1.07 bits per heavy atom. The van der Waals surface area contributed by atoms with E-state index in [0.717, 1.165) is 34.7 Å². The van der Waals surface area contributed by atoms with Crippen LogP contribution < -0.4 is 15.4 Å². The van der Waals surface area contributed by atoms with Crippen molar-refractivity contribution in [1.82, 2.24) is 15.6 Å². The predicted molar refractivity (Wildman–Crippen MR) is 116 cm³/mol. The van der Waals surface area contributed by atoms with Gasteiger partial charge >= 0.3 is 0 Å². The molecule has 0 spiro atoms. The standard InChI is InChI=1S/C23H28N4O2/c1-5-24-23(26-13-19-11-8-17(3)12-20(19)28-4)27-15-22-25-14-21(29-22)18-9-6-16(2)7-10-18/h6-12,14H,5,13,15H2,1-4H3,(H2,24,26,27). The van der Waals surface area contributed by atoms with Gasteiger partial charge in [0.15, 0.2) is 11.7 Å². The summed E-state index contributed by atoms with van der Waals surface area (Å²) < 4.78 is 11.3. The zero-order valence-corrected chi connectivity index (χ0v) is 17.5. The van der Waals surface area contributed by atoms with Crippen molar-refractivity contribution in [3.63, 3.8) is 0 Å². The van der Waals surface area contributed by atoms with Gasteiger partial charge in [-0.25, -0.2) is 9.98 Å². The lowest BCUT2D eigenvalue weighted by Gasteiger charge is -2.11. The molecule has 1 aromatic heterocycles. The second kappa shape index (κ2) is 9.78. The van der Waals surface area contributed by atoms with E-state index in [0.29, 0.717) is 24.9 Å². The van der Waals surface area contributed by atoms with Crippen LogP contribution in [0.5, 0.6) is 5.75 Å². The summed E-state index contributed by atoms with van der Waals surface area (Å²) in [5.74, 6) is 2.91. The molecule has 1 heterocycles. The van der Waals surface area contributed by atoms with Gasteiger partial charge in [-0.05, 0) is 32.4 Å². The van der Waals surface area contributed by atoms with Gasteiger partial charge in [0.1, 0.15) is 5.75 Å². The van der Waals surface area contributed by atoms with Crippen LogP contribution in [0, 0.1) is 13.8 Å². The monoisotopic (exact) mass is 392 g/mol. The number of ether oxygens (including phenoxy) is 1. The van der Waals surface area contributed by atoms with Crippen LogP contribution in [0.25, 0.3) is 11.3 Å². The van der Waals surface area contributed by atoms with Gasteiger partial charge < -0.3 is 19.8 Å². The van der Waals surface area contributed by atoms with Gasteiger partial charge in [0.05, 0.1) is 26.4 Å². The Morgan fingerprint density at radius 2 is 1.83 bits per heavy atom. The summed E-state index contributed by atoms with van der Waals surface area (Å²) in [4.78, 5) is 9.03. The maximum absolute atomic E-state index is 5.87. The fourth-order valence-electron chi connectivity index (χ4n) is 2.89. The molecule has 0 aliphatic carbocycles. The van der Waals surface area contributed by atoms with E-state index in [1.165, 1.54) is 5.56 Å². The minimum Gasteiger partial charge on any atom is -0.496 e. The second-order valence-corrected chi connectivity index (χ2v) is 6.85. The summed E-state index contributed by atoms with van der Waals surface area (Å²) in [5, 5.41) is 6.52. The highest BCUT2D eigenvalue weighted by Crippen LogP contribution is 2.21. The Labute approximate surface area is 172 Å². The van der Waals surface area contributed by atoms with Gasteiger partial charge in [0, 0.05) is 17.7 Å². The van der Waals surface area contributed by atoms with E-state index in [-0.39, 0.29) is 0 Å². The molecule has 3 aromatic rings. The highest BCUT2D eigenvalue weighted by molar-refractivity contribution is 5.79. The maximum atomic E-state index is 5.87. The topological polar surface area (TPSA) is 71.7 Å². The van der Waals surface area contributed by atoms with Gasteiger partial charge in [-0.1, -0.05) is 42.0 Å². The second-order valence-electron chi connectivity index (χ2n) is 6.85. The summed E-state index contributed by atoms with van der Waals surface area (Å²) in [5.41, 5.74) is 4.43. The zero-order chi connectivity index (χ0) is 20.6. The number of aliphatic imine (C=N–C) groups is 1. The summed E-state index contributed by atoms with van der Waals surface area (Å²) in [6.45, 7) is 7.86. The molecule has 6 heteroatoms. The first-order valence-corrected chi connectivity index (χ1v) is 9.76. The average Bonchev–Trinajstić information content (AvgIpc) is 3.20. The lowest BCUT2D eigenvalue weighted by atomic mass is 10.1. The largest absolute Gasteiger partial charge is 0.496 e. The van der Waals surface area contributed by atoms with E-state index in [9.17, 15) is 0 Å². The quantitative estimate of drug-likeness (QED) is 0.465. The first kappa shape index (κ1) is 20.5. The van der Waals surface area contributed by atoms with Crippen molar-refractivity contribution in [2.24, 2.45) is 4.99 Å². The van der Waals surface area contributed by atoms with Crippen LogP contribution in [0.1, 0.15) is 29.5 Å². The molecule has 29 heavy (non-hydrogen) atoms. The number of methoxy groups -OCH3 is 1. The minimum absolute atomic E-state index is 0.447. The third-order valence-electron chi connectivity index (χ3n) is 4.49. The van der Waals surface area contributed by atoms with E-state index in [2.05, 4.69) is 45.7 Å². The fourth-order valence-corrected chi connectivity index (χ4v) is 2.89. The van der Waals surface area contributed by atoms with Crippen LogP contribution in [0.3, 0.4) is 0 Å². The maximum Gasteiger partial charge on any atom is 0.214 e. The number of benzene rings is 2. The lowest BCUT2D eigenvalue weighted by molar-refractivity contribution is 0.409. The van der Waals surface area contributed by atoms with Crippen molar-refractivity contribution in [2.75, 3.05) is 13.7 Å². The first-order valence-electron chi connectivity index (χ1n) is 9.76. The van der Waals surface area contributed by atoms with Gasteiger partial charge in [-0.3, -0.25) is 0 Å². The molecule has 0 unspecified atom stereocenters. The van der Waals surface area contributed by atoms with Crippen LogP contribution in [-0.2, 0) is 13.1 Å². The fraction of sp³-hybridized carbons (Fsp3) is 0.304. The van der Waals surface area contributed by atoms with Crippen LogP contribution >= 0.6 is 0 Å². The number of nitrogens with zero attached hydrogens (tertiary/aromatic N) is 2. The van der Waals surface area contributed by atoms with E-state index in [1.807, 2.05) is 38.1 Å². The van der Waals surface area contributed by atoms with Crippen molar-refractivity contribution in [3.05, 3.63) is 71.2 Å². The highest BCUT2D eigenvalue weighted by Gasteiger charge is 2.08. The molecular formula is C23H28N4O2. The Bertz CT molecular complexity index is 961. The van der Waals surface area contributed by atoms with Crippen molar-refractivity contribution in [3.8, 4) is 17.1 Å². The number of oxazole rings is 1. The molecule has 0 atom stereocenters. The molecule has 0 bridgehead atoms. The van der Waals surface area contributed by atoms with Crippen LogP contribution in [0.4, 0.5) is 0 Å². The van der Waals surface area contributed by atoms with E-state index in [4.69, 9.17) is 9.15 Å². The zero-order valence-electron chi connectivity index (χ0n) is 17.5. The van der Waals surface area contributed by atoms with Crippen LogP contribution in [0.2, 0.25) is 0 Å². The molecule has 0 aliphatic heterocycles. The third kappa shape index (κ3) is 5.60. The van der Waals surface area contributed by atoms with E-state index in [1.54, 1.807) is 13.3 Å². The Kier molecular flexibility index (Phi) is 6.89. The molecule has 0 fully saturated rings. The molecule has 0 amide bonds. The van der Waals surface area contributed by atoms with Crippen molar-refractivity contribution in [2.45, 2.75) is 33.9 Å². The van der Waals surface area contributed by atoms with Gasteiger partial charge in [-0.15, -0.1) is 0 Å². The summed E-state index contributed by atoms with van der Waals surface area (Å²) in [7, 11) is 1.68. The molecule has 0 radical (unpaired) electrons. The smallest absolute Gasteiger partial charge is 0.214 e. The SMILES string of the molecule is CCNC(=NCc1ccc(C)cc1OC)NCc1ncc(-c2ccc(C)cc2)o1. The lowest BCUT2D eigenvalue weighted by Crippen LogP contribution is -2.36. The van der Waals surface area contributed by atoms with Crippen LogP contribution in [-0.4, -0.2) is 24.6 Å². The van der Waals surface area contributed by atoms with Crippen molar-refractivity contribution >= 4 is 5.96 Å². The van der Waals surface area contributed by atoms with E-state index < -0.39 is 0 Å². The molecule has 152 valence electrons. The van der Waals surface area contributed by atoms with Crippen LogP contribution in [0.15, 0.2) is 58.1 Å². The Morgan fingerprint density at radius 3 is 2.55 bits per heavy atom. The number of hydrogen-bond donors (Lipinski definition) is 2. The van der Waals surface area contributed by atoms with Gasteiger partial charge in [0.2, 0.25) is 5.89 Å². The minimum atomic E-state index is 0.447. The average molecular weight is 393 g/mol. The summed E-state index contributed by atoms with van der Waals surface area (Å²) in [6, 6.07) is 14.3. The van der Waals surface area contributed by atoms with Gasteiger partial charge in [0.25, 0.3) is 0 Å². The van der Waals surface area contributed by atoms with E-state index >= 15 is 0 Å². The van der Waals surface area contributed by atoms with Crippen molar-refractivity contribution in [1.29, 1.82) is 0 Å². The number of aromatic nitrogens is 1. The number of aryl methyl sites for hydroxylation is 2. The summed E-state index contributed by atoms with van der Waals surface area (Å²) in [6.07, 6.45) is 1.75. The number of guanidine groups is 1. The molecule has 0 saturated heterocycles. The third-order valence-corrected chi connectivity index (χ3v) is 4.49. The number of rotatable bonds is 7. The summed E-state index contributed by atoms with van der Waals surface area (Å²) >= 11 is 0. The number of nitrogens with one attached hydrogen (secondary N) is 2. The molecule has 2 N–H and O–H groups in total. The first-order chi connectivity index (χ1) is 14.1. The normalized spacial score (nSPS) is 11.4. The highest BCUT2D eigenvalue weighted by atomic mass is 16.5. The Hall–Kier alpha value is -3.28. The Balaban J connectivity index is 1.65. The molecular weight excluding hydrogens is 364 g/mol. The van der Waals surface area contributed by atoms with Gasteiger partial charge in [-0.2, -0.15) is 0 Å². The number of hydrogen-bond acceptors (Lipinski definition) is 4. The molecule has 3 rings (SSSR count). The predicted octanol–water partition coefficient (Wildman–Crippen LogP) is 4.22. The van der Waals surface area contributed by atoms with Crippen molar-refractivity contribution < 1.29 is 9.15 Å².